The molecule has 2 rings (SSSR count). The van der Waals surface area contributed by atoms with E-state index >= 15 is 0 Å². The molecule has 0 saturated carbocycles. The van der Waals surface area contributed by atoms with Gasteiger partial charge in [0.2, 0.25) is 0 Å². The zero-order chi connectivity index (χ0) is 16.3. The SMILES string of the molecule is CCCc1c(C(=O)N2CCCC(CO)C2)[nH]c(C)c1C(C)=O. The molecule has 1 amide bonds. The molecule has 5 heteroatoms. The average molecular weight is 306 g/mol. The van der Waals surface area contributed by atoms with Crippen molar-refractivity contribution in [3.8, 4) is 0 Å². The highest BCUT2D eigenvalue weighted by atomic mass is 16.3. The van der Waals surface area contributed by atoms with Gasteiger partial charge in [-0.15, -0.1) is 0 Å². The summed E-state index contributed by atoms with van der Waals surface area (Å²) in [7, 11) is 0. The molecule has 1 fully saturated rings. The molecule has 1 aliphatic heterocycles. The summed E-state index contributed by atoms with van der Waals surface area (Å²) in [6.07, 6.45) is 3.48. The molecule has 1 aliphatic rings. The Kier molecular flexibility index (Phi) is 5.40. The van der Waals surface area contributed by atoms with Crippen molar-refractivity contribution in [2.24, 2.45) is 5.92 Å². The van der Waals surface area contributed by atoms with Crippen molar-refractivity contribution in [2.75, 3.05) is 19.7 Å². The standard InChI is InChI=1S/C17H26N2O3/c1-4-6-14-15(12(3)21)11(2)18-16(14)17(22)19-8-5-7-13(9-19)10-20/h13,18,20H,4-10H2,1-3H3. The Morgan fingerprint density at radius 2 is 2.14 bits per heavy atom. The quantitative estimate of drug-likeness (QED) is 0.820. The Labute approximate surface area is 131 Å². The van der Waals surface area contributed by atoms with Crippen molar-refractivity contribution in [1.29, 1.82) is 0 Å². The van der Waals surface area contributed by atoms with Gasteiger partial charge in [0.15, 0.2) is 5.78 Å². The summed E-state index contributed by atoms with van der Waals surface area (Å²) in [4.78, 5) is 29.7. The molecule has 5 nitrogen and oxygen atoms in total. The number of hydrogen-bond donors (Lipinski definition) is 2. The number of Topliss-reactive ketones (excluding diaryl/α,β-unsaturated/α-hetero) is 1. The predicted octanol–water partition coefficient (Wildman–Crippen LogP) is 2.32. The number of piperidine rings is 1. The van der Waals surface area contributed by atoms with Crippen molar-refractivity contribution in [2.45, 2.75) is 46.5 Å². The first-order chi connectivity index (χ1) is 10.5. The highest BCUT2D eigenvalue weighted by molar-refractivity contribution is 6.02. The summed E-state index contributed by atoms with van der Waals surface area (Å²) in [5, 5.41) is 9.33. The Hall–Kier alpha value is -1.62. The van der Waals surface area contributed by atoms with E-state index < -0.39 is 0 Å². The van der Waals surface area contributed by atoms with Crippen molar-refractivity contribution < 1.29 is 14.7 Å². The van der Waals surface area contributed by atoms with Crippen LogP contribution in [0.5, 0.6) is 0 Å². The number of rotatable bonds is 5. The van der Waals surface area contributed by atoms with Crippen LogP contribution in [0.25, 0.3) is 0 Å². The summed E-state index contributed by atoms with van der Waals surface area (Å²) in [5.74, 6) is 0.121. The molecule has 2 heterocycles. The number of aliphatic hydroxyl groups excluding tert-OH is 1. The van der Waals surface area contributed by atoms with Crippen LogP contribution in [0.15, 0.2) is 0 Å². The number of likely N-dealkylation sites (tertiary alicyclic amines) is 1. The zero-order valence-electron chi connectivity index (χ0n) is 13.7. The second-order valence-corrected chi connectivity index (χ2v) is 6.23. The first-order valence-corrected chi connectivity index (χ1v) is 8.12. The average Bonchev–Trinajstić information content (AvgIpc) is 2.83. The number of nitrogens with zero attached hydrogens (tertiary/aromatic N) is 1. The van der Waals surface area contributed by atoms with Crippen LogP contribution in [-0.2, 0) is 6.42 Å². The normalized spacial score (nSPS) is 18.5. The number of aromatic nitrogens is 1. The Morgan fingerprint density at radius 1 is 1.41 bits per heavy atom. The van der Waals surface area contributed by atoms with Gasteiger partial charge in [0.05, 0.1) is 0 Å². The molecule has 1 atom stereocenters. The van der Waals surface area contributed by atoms with Crippen LogP contribution in [0.4, 0.5) is 0 Å². The van der Waals surface area contributed by atoms with Gasteiger partial charge in [0, 0.05) is 31.0 Å². The highest BCUT2D eigenvalue weighted by Crippen LogP contribution is 2.25. The van der Waals surface area contributed by atoms with Gasteiger partial charge in [-0.3, -0.25) is 9.59 Å². The molecule has 0 aliphatic carbocycles. The minimum absolute atomic E-state index is 0.00290. The molecule has 0 bridgehead atoms. The van der Waals surface area contributed by atoms with Crippen molar-refractivity contribution in [3.05, 3.63) is 22.5 Å². The van der Waals surface area contributed by atoms with E-state index in [1.165, 1.54) is 0 Å². The molecule has 2 N–H and O–H groups in total. The molecule has 22 heavy (non-hydrogen) atoms. The molecule has 0 spiro atoms. The number of ketones is 1. The van der Waals surface area contributed by atoms with Crippen LogP contribution in [0.1, 0.15) is 65.2 Å². The Bertz CT molecular complexity index is 562. The highest BCUT2D eigenvalue weighted by Gasteiger charge is 2.28. The van der Waals surface area contributed by atoms with E-state index in [0.29, 0.717) is 24.3 Å². The number of carbonyl (C=O) groups is 2. The topological polar surface area (TPSA) is 73.4 Å². The Balaban J connectivity index is 2.32. The smallest absolute Gasteiger partial charge is 0.270 e. The van der Waals surface area contributed by atoms with Gasteiger partial charge in [0.25, 0.3) is 5.91 Å². The summed E-state index contributed by atoms with van der Waals surface area (Å²) >= 11 is 0. The third-order valence-corrected chi connectivity index (χ3v) is 4.42. The second-order valence-electron chi connectivity index (χ2n) is 6.23. The Morgan fingerprint density at radius 3 is 2.73 bits per heavy atom. The lowest BCUT2D eigenvalue weighted by Crippen LogP contribution is -2.41. The van der Waals surface area contributed by atoms with Crippen LogP contribution in [-0.4, -0.2) is 46.4 Å². The summed E-state index contributed by atoms with van der Waals surface area (Å²) in [5.41, 5.74) is 2.85. The first kappa shape index (κ1) is 16.7. The van der Waals surface area contributed by atoms with Crippen molar-refractivity contribution in [1.82, 2.24) is 9.88 Å². The molecule has 0 radical (unpaired) electrons. The lowest BCUT2D eigenvalue weighted by molar-refractivity contribution is 0.0614. The van der Waals surface area contributed by atoms with E-state index in [1.807, 2.05) is 13.8 Å². The first-order valence-electron chi connectivity index (χ1n) is 8.12. The number of aromatic amines is 1. The van der Waals surface area contributed by atoms with Gasteiger partial charge in [-0.25, -0.2) is 0 Å². The number of H-pyrrole nitrogens is 1. The van der Waals surface area contributed by atoms with Gasteiger partial charge in [-0.1, -0.05) is 13.3 Å². The third kappa shape index (κ3) is 3.24. The fourth-order valence-corrected chi connectivity index (χ4v) is 3.39. The number of nitrogens with one attached hydrogen (secondary N) is 1. The number of hydrogen-bond acceptors (Lipinski definition) is 3. The summed E-state index contributed by atoms with van der Waals surface area (Å²) in [6.45, 7) is 6.87. The minimum Gasteiger partial charge on any atom is -0.396 e. The number of carbonyl (C=O) groups excluding carboxylic acids is 2. The molecular formula is C17H26N2O3. The molecule has 0 aromatic carbocycles. The maximum Gasteiger partial charge on any atom is 0.270 e. The minimum atomic E-state index is -0.0443. The van der Waals surface area contributed by atoms with Crippen LogP contribution in [0.3, 0.4) is 0 Å². The van der Waals surface area contributed by atoms with E-state index in [0.717, 1.165) is 36.9 Å². The van der Waals surface area contributed by atoms with Gasteiger partial charge in [0.1, 0.15) is 5.69 Å². The molecule has 1 saturated heterocycles. The molecule has 1 aromatic rings. The zero-order valence-corrected chi connectivity index (χ0v) is 13.7. The largest absolute Gasteiger partial charge is 0.396 e. The van der Waals surface area contributed by atoms with Crippen LogP contribution in [0, 0.1) is 12.8 Å². The summed E-state index contributed by atoms with van der Waals surface area (Å²) < 4.78 is 0. The van der Waals surface area contributed by atoms with Gasteiger partial charge in [-0.05, 0) is 44.6 Å². The lowest BCUT2D eigenvalue weighted by atomic mass is 9.97. The van der Waals surface area contributed by atoms with Crippen molar-refractivity contribution in [3.63, 3.8) is 0 Å². The molecular weight excluding hydrogens is 280 g/mol. The summed E-state index contributed by atoms with van der Waals surface area (Å²) in [6, 6.07) is 0. The van der Waals surface area contributed by atoms with Crippen LogP contribution in [0.2, 0.25) is 0 Å². The van der Waals surface area contributed by atoms with Crippen LogP contribution < -0.4 is 0 Å². The molecule has 1 unspecified atom stereocenters. The van der Waals surface area contributed by atoms with E-state index in [1.54, 1.807) is 11.8 Å². The molecule has 122 valence electrons. The lowest BCUT2D eigenvalue weighted by Gasteiger charge is -2.31. The monoisotopic (exact) mass is 306 g/mol. The van der Waals surface area contributed by atoms with Crippen molar-refractivity contribution >= 4 is 11.7 Å². The maximum atomic E-state index is 12.8. The maximum absolute atomic E-state index is 12.8. The fraction of sp³-hybridized carbons (Fsp3) is 0.647. The molecule has 1 aromatic heterocycles. The van der Waals surface area contributed by atoms with E-state index in [4.69, 9.17) is 0 Å². The van der Waals surface area contributed by atoms with E-state index in [-0.39, 0.29) is 24.2 Å². The predicted molar refractivity (Wildman–Crippen MR) is 85.2 cm³/mol. The number of amides is 1. The van der Waals surface area contributed by atoms with Gasteiger partial charge < -0.3 is 15.0 Å². The van der Waals surface area contributed by atoms with E-state index in [2.05, 4.69) is 4.98 Å². The number of aryl methyl sites for hydroxylation is 1. The third-order valence-electron chi connectivity index (χ3n) is 4.42. The van der Waals surface area contributed by atoms with E-state index in [9.17, 15) is 14.7 Å². The van der Waals surface area contributed by atoms with Gasteiger partial charge in [-0.2, -0.15) is 0 Å². The van der Waals surface area contributed by atoms with Crippen LogP contribution >= 0.6 is 0 Å². The fourth-order valence-electron chi connectivity index (χ4n) is 3.39. The second kappa shape index (κ2) is 7.09. The number of aliphatic hydroxyl groups is 1. The van der Waals surface area contributed by atoms with Gasteiger partial charge >= 0.3 is 0 Å².